The Labute approximate surface area is 620 Å². The highest BCUT2D eigenvalue weighted by Crippen LogP contribution is 2.52. The van der Waals surface area contributed by atoms with Gasteiger partial charge in [-0.25, -0.2) is 0 Å². The van der Waals surface area contributed by atoms with Crippen molar-refractivity contribution in [1.29, 1.82) is 5.26 Å². The van der Waals surface area contributed by atoms with E-state index in [0.717, 1.165) is 128 Å². The Morgan fingerprint density at radius 2 is 0.825 bits per heavy atom. The van der Waals surface area contributed by atoms with E-state index >= 15 is 0 Å². The molecule has 2 aliphatic heterocycles. The molecule has 0 saturated heterocycles. The average Bonchev–Trinajstić information content (AvgIpc) is 0.822. The van der Waals surface area contributed by atoms with Crippen molar-refractivity contribution in [1.82, 2.24) is 13.7 Å². The molecule has 500 valence electrons. The maximum absolute atomic E-state index is 11.8. The second-order valence-corrected chi connectivity index (χ2v) is 32.2. The first-order valence-corrected chi connectivity index (χ1v) is 35.6. The van der Waals surface area contributed by atoms with Crippen LogP contribution in [0.5, 0.6) is 0 Å². The van der Waals surface area contributed by atoms with Gasteiger partial charge in [-0.2, -0.15) is 5.26 Å². The second-order valence-electron chi connectivity index (χ2n) is 32.2. The number of anilines is 6. The van der Waals surface area contributed by atoms with Gasteiger partial charge in [0.25, 0.3) is 6.71 Å². The van der Waals surface area contributed by atoms with Crippen LogP contribution in [-0.4, -0.2) is 20.4 Å². The van der Waals surface area contributed by atoms with E-state index in [1.165, 1.54) is 11.1 Å². The Balaban J connectivity index is 1.01. The third kappa shape index (κ3) is 10.1. The maximum Gasteiger partial charge on any atom is 0.252 e. The van der Waals surface area contributed by atoms with E-state index in [2.05, 4.69) is 242 Å². The normalized spacial score (nSPS) is 14.9. The van der Waals surface area contributed by atoms with Crippen LogP contribution in [0.15, 0.2) is 267 Å². The third-order valence-electron chi connectivity index (χ3n) is 21.6. The number of benzene rings is 13. The molecule has 103 heavy (non-hydrogen) atoms. The van der Waals surface area contributed by atoms with Crippen LogP contribution in [0.25, 0.3) is 105 Å². The van der Waals surface area contributed by atoms with Crippen LogP contribution in [0.4, 0.5) is 34.1 Å². The van der Waals surface area contributed by atoms with Crippen molar-refractivity contribution in [2.45, 2.75) is 112 Å². The van der Waals surface area contributed by atoms with Gasteiger partial charge in [-0.15, -0.1) is 0 Å². The molecule has 18 rings (SSSR count). The van der Waals surface area contributed by atoms with Crippen LogP contribution in [0.3, 0.4) is 0 Å². The lowest BCUT2D eigenvalue weighted by molar-refractivity contribution is 0.589. The van der Waals surface area contributed by atoms with E-state index in [4.69, 9.17) is 6.85 Å². The molecule has 7 heteroatoms. The zero-order valence-electron chi connectivity index (χ0n) is 71.0. The molecule has 2 aliphatic rings. The summed E-state index contributed by atoms with van der Waals surface area (Å²) in [5, 5.41) is 16.0. The van der Waals surface area contributed by atoms with Gasteiger partial charge in [0.1, 0.15) is 6.07 Å². The molecule has 0 N–H and O–H groups in total. The Kier molecular flexibility index (Phi) is 11.7. The predicted octanol–water partition coefficient (Wildman–Crippen LogP) is 23.8. The van der Waals surface area contributed by atoms with Crippen LogP contribution >= 0.6 is 0 Å². The molecule has 0 aliphatic carbocycles. The van der Waals surface area contributed by atoms with Crippen LogP contribution < -0.4 is 26.2 Å². The Morgan fingerprint density at radius 1 is 0.340 bits per heavy atom. The molecule has 0 spiro atoms. The van der Waals surface area contributed by atoms with Gasteiger partial charge in [-0.3, -0.25) is 0 Å². The molecule has 16 aromatic rings. The summed E-state index contributed by atoms with van der Waals surface area (Å²) in [6.45, 7) is 23.8. The summed E-state index contributed by atoms with van der Waals surface area (Å²) in [7, 11) is 0. The molecule has 0 bridgehead atoms. The zero-order valence-corrected chi connectivity index (χ0v) is 60.0. The summed E-state index contributed by atoms with van der Waals surface area (Å²) in [5.74, 6) is 0. The summed E-state index contributed by atoms with van der Waals surface area (Å²) in [5.41, 5.74) is 20.4. The number of hydrogen-bond acceptors (Lipinski definition) is 3. The summed E-state index contributed by atoms with van der Waals surface area (Å²) in [6, 6.07) is 75.2. The molecule has 3 aromatic heterocycles. The second kappa shape index (κ2) is 23.0. The lowest BCUT2D eigenvalue weighted by atomic mass is 9.33. The third-order valence-corrected chi connectivity index (χ3v) is 21.6. The molecule has 0 radical (unpaired) electrons. The highest BCUT2D eigenvalue weighted by atomic mass is 15.2. The molecule has 0 amide bonds. The molecule has 0 fully saturated rings. The van der Waals surface area contributed by atoms with Gasteiger partial charge in [-0.05, 0) is 205 Å². The van der Waals surface area contributed by atoms with Crippen LogP contribution in [0, 0.1) is 18.2 Å². The summed E-state index contributed by atoms with van der Waals surface area (Å²) >= 11 is 0. The molecule has 5 heterocycles. The topological polar surface area (TPSA) is 45.1 Å². The van der Waals surface area contributed by atoms with Crippen LogP contribution in [0.1, 0.15) is 132 Å². The molecule has 0 atom stereocenters. The molecule has 6 nitrogen and oxygen atoms in total. The summed E-state index contributed by atoms with van der Waals surface area (Å²) < 4.78 is 107. The van der Waals surface area contributed by atoms with Gasteiger partial charge in [0.15, 0.2) is 0 Å². The Morgan fingerprint density at radius 3 is 1.35 bits per heavy atom. The minimum atomic E-state index is -2.33. The minimum absolute atomic E-state index is 0.00348. The average molecular weight is 1340 g/mol. The number of hydrogen-bond donors (Lipinski definition) is 0. The lowest BCUT2D eigenvalue weighted by Crippen LogP contribution is -2.61. The largest absolute Gasteiger partial charge is 0.311 e. The fourth-order valence-electron chi connectivity index (χ4n) is 16.3. The zero-order chi connectivity index (χ0) is 80.4. The van der Waals surface area contributed by atoms with Crippen molar-refractivity contribution in [3.05, 3.63) is 300 Å². The number of aryl methyl sites for hydroxylation is 1. The molecule has 13 aromatic carbocycles. The van der Waals surface area contributed by atoms with Gasteiger partial charge in [0.05, 0.1) is 61.0 Å². The van der Waals surface area contributed by atoms with Crippen molar-refractivity contribution in [2.24, 2.45) is 0 Å². The number of para-hydroxylation sites is 4. The molecular formula is C96H83BN6. The van der Waals surface area contributed by atoms with E-state index in [-0.39, 0.29) is 38.2 Å². The first-order valence-electron chi connectivity index (χ1n) is 41.1. The Hall–Kier alpha value is -11.6. The van der Waals surface area contributed by atoms with Crippen molar-refractivity contribution in [2.75, 3.05) is 9.80 Å². The van der Waals surface area contributed by atoms with E-state index in [1.807, 2.05) is 72.8 Å². The smallest absolute Gasteiger partial charge is 0.252 e. The monoisotopic (exact) mass is 1340 g/mol. The van der Waals surface area contributed by atoms with Gasteiger partial charge in [-0.1, -0.05) is 240 Å². The van der Waals surface area contributed by atoms with Crippen molar-refractivity contribution in [3.8, 4) is 45.4 Å². The first-order chi connectivity index (χ1) is 54.0. The van der Waals surface area contributed by atoms with E-state index < -0.39 is 72.7 Å². The number of nitrogens with zero attached hydrogens (tertiary/aromatic N) is 6. The van der Waals surface area contributed by atoms with Crippen molar-refractivity contribution in [3.63, 3.8) is 0 Å². The highest BCUT2D eigenvalue weighted by Gasteiger charge is 2.46. The van der Waals surface area contributed by atoms with Gasteiger partial charge >= 0.3 is 0 Å². The fraction of sp³-hybridized carbons (Fsp3) is 0.177. The van der Waals surface area contributed by atoms with Crippen molar-refractivity contribution >= 4 is 123 Å². The van der Waals surface area contributed by atoms with Gasteiger partial charge in [0, 0.05) is 76.2 Å². The number of fused-ring (bicyclic) bond motifs is 13. The SMILES string of the molecule is [2H]c1c([2H])c([2H])c2c(c1[2H])c1c([2H])c([2H])c([2H])c([2H])c1n2-c1ccc2c(c1)N(c1cc(-n3c4ccccc4c4ccccc43)c(C#N)cc1C(C)(C)C)c1cc(C(C)(C)C)cc3c1B2c1ccc(-n2c4ccc(C(C)(C)C)cc4c4cc(C(C)(C)C)ccc42)cc1N3c1cc(-c2ccccc2)cc(-c2ccc(C([2H])([2H])[2H])cc2)c1. The number of rotatable bonds is 7. The maximum atomic E-state index is 11.8. The Bertz CT molecular complexity index is 6690. The lowest BCUT2D eigenvalue weighted by Gasteiger charge is -2.46. The molecule has 0 unspecified atom stereocenters. The quantitative estimate of drug-likeness (QED) is 0.149. The van der Waals surface area contributed by atoms with Gasteiger partial charge < -0.3 is 23.5 Å². The standard InChI is InChI=1S/C96H83BN6/c1-59-35-37-61(38-36-59)63-47-62(60-25-15-14-16-26-60)48-70(49-63)101-88-55-68(100-84-45-39-65(93(2,3)4)51-75(84)76-52-66(94(5,6)7)40-46-85(76)100)41-43-78(88)97-79-44-42-69(99-80-31-21-17-27-71(80)72-28-18-22-32-81(72)99)56-89(79)103(91-54-67(95(8,9)10)53-90(101)92(91)97)87-57-86(64(58-98)50-77(87)96(11,12)13)102-82-33-23-19-29-73(82)74-30-20-24-34-83(74)102/h14-57H,1-13H3/i1D3,17D,18D,21D,22D,27D,28D,31D,32D. The minimum Gasteiger partial charge on any atom is -0.311 e. The predicted molar refractivity (Wildman–Crippen MR) is 439 cm³/mol. The first kappa shape index (κ1) is 52.4. The highest BCUT2D eigenvalue weighted by molar-refractivity contribution is 7.00. The van der Waals surface area contributed by atoms with E-state index in [9.17, 15) is 13.5 Å². The van der Waals surface area contributed by atoms with Crippen molar-refractivity contribution < 1.29 is 15.1 Å². The molecular weight excluding hydrogens is 1250 g/mol. The van der Waals surface area contributed by atoms with Crippen LogP contribution in [-0.2, 0) is 21.7 Å². The van der Waals surface area contributed by atoms with E-state index in [0.29, 0.717) is 22.6 Å². The van der Waals surface area contributed by atoms with E-state index in [1.54, 1.807) is 16.7 Å². The number of aromatic nitrogens is 3. The van der Waals surface area contributed by atoms with Crippen LogP contribution in [0.2, 0.25) is 0 Å². The summed E-state index contributed by atoms with van der Waals surface area (Å²) in [6.07, 6.45) is 0. The summed E-state index contributed by atoms with van der Waals surface area (Å²) in [4.78, 5) is 4.76. The van der Waals surface area contributed by atoms with Gasteiger partial charge in [0.2, 0.25) is 0 Å². The fourth-order valence-corrected chi connectivity index (χ4v) is 16.3. The number of nitriles is 1. The molecule has 0 saturated carbocycles.